The van der Waals surface area contributed by atoms with Crippen LogP contribution in [0.2, 0.25) is 5.02 Å². The van der Waals surface area contributed by atoms with Gasteiger partial charge in [0, 0.05) is 31.7 Å². The molecule has 8 nitrogen and oxygen atoms in total. The van der Waals surface area contributed by atoms with Crippen LogP contribution in [-0.4, -0.2) is 79.7 Å². The molecule has 2 heterocycles. The molecular weight excluding hydrogens is 472 g/mol. The molecule has 9 heteroatoms. The molecule has 0 aromatic heterocycles. The van der Waals surface area contributed by atoms with Crippen LogP contribution in [0, 0.1) is 0 Å². The average Bonchev–Trinajstić information content (AvgIpc) is 3.13. The number of aliphatic hydroxyl groups is 1. The molecule has 4 rings (SSSR count). The highest BCUT2D eigenvalue weighted by atomic mass is 35.5. The second kappa shape index (κ2) is 11.1. The lowest BCUT2D eigenvalue weighted by Gasteiger charge is -2.31. The Kier molecular flexibility index (Phi) is 7.95. The van der Waals surface area contributed by atoms with Crippen LogP contribution in [0.15, 0.2) is 48.0 Å². The SMILES string of the molecule is CCOc1ccc(C2/C(=C(\O)c3ccc(OC)c(Cl)c3)C(=O)C(=O)N2CCN2CCOCC2)cc1. The van der Waals surface area contributed by atoms with Crippen LogP contribution < -0.4 is 9.47 Å². The topological polar surface area (TPSA) is 88.5 Å². The third-order valence-electron chi connectivity index (χ3n) is 6.23. The van der Waals surface area contributed by atoms with Crippen molar-refractivity contribution in [3.05, 3.63) is 64.2 Å². The quantitative estimate of drug-likeness (QED) is 0.337. The molecule has 0 aliphatic carbocycles. The molecule has 0 saturated carbocycles. The third-order valence-corrected chi connectivity index (χ3v) is 6.53. The fourth-order valence-electron chi connectivity index (χ4n) is 4.41. The first-order chi connectivity index (χ1) is 16.9. The van der Waals surface area contributed by atoms with Gasteiger partial charge < -0.3 is 24.2 Å². The van der Waals surface area contributed by atoms with Gasteiger partial charge in [-0.05, 0) is 42.8 Å². The Labute approximate surface area is 209 Å². The summed E-state index contributed by atoms with van der Waals surface area (Å²) >= 11 is 6.26. The van der Waals surface area contributed by atoms with Crippen molar-refractivity contribution in [2.24, 2.45) is 0 Å². The number of amides is 1. The lowest BCUT2D eigenvalue weighted by molar-refractivity contribution is -0.140. The van der Waals surface area contributed by atoms with Crippen LogP contribution in [0.25, 0.3) is 5.76 Å². The van der Waals surface area contributed by atoms with Gasteiger partial charge in [0.25, 0.3) is 11.7 Å². The molecule has 1 atom stereocenters. The Hall–Kier alpha value is -3.07. The van der Waals surface area contributed by atoms with Gasteiger partial charge in [-0.15, -0.1) is 0 Å². The molecule has 1 N–H and O–H groups in total. The fourth-order valence-corrected chi connectivity index (χ4v) is 4.67. The number of halogens is 1. The van der Waals surface area contributed by atoms with Crippen LogP contribution in [-0.2, 0) is 14.3 Å². The number of Topliss-reactive ketones (excluding diaryl/α,β-unsaturated/α-hetero) is 1. The molecule has 2 aliphatic heterocycles. The fraction of sp³-hybridized carbons (Fsp3) is 0.385. The van der Waals surface area contributed by atoms with Gasteiger partial charge in [-0.25, -0.2) is 0 Å². The van der Waals surface area contributed by atoms with Gasteiger partial charge in [-0.3, -0.25) is 14.5 Å². The van der Waals surface area contributed by atoms with Crippen molar-refractivity contribution in [1.82, 2.24) is 9.80 Å². The summed E-state index contributed by atoms with van der Waals surface area (Å²) in [6, 6.07) is 11.2. The number of morpholine rings is 1. The second-order valence-electron chi connectivity index (χ2n) is 8.30. The van der Waals surface area contributed by atoms with Gasteiger partial charge in [-0.1, -0.05) is 23.7 Å². The number of carbonyl (C=O) groups excluding carboxylic acids is 2. The van der Waals surface area contributed by atoms with E-state index in [0.717, 1.165) is 13.1 Å². The molecule has 0 bridgehead atoms. The lowest BCUT2D eigenvalue weighted by Crippen LogP contribution is -2.42. The summed E-state index contributed by atoms with van der Waals surface area (Å²) in [6.45, 7) is 6.16. The molecular formula is C26H29ClN2O6. The molecule has 0 radical (unpaired) electrons. The number of likely N-dealkylation sites (tertiary alicyclic amines) is 1. The highest BCUT2D eigenvalue weighted by molar-refractivity contribution is 6.46. The predicted octanol–water partition coefficient (Wildman–Crippen LogP) is 3.50. The number of ether oxygens (including phenoxy) is 3. The zero-order chi connectivity index (χ0) is 24.9. The number of hydrogen-bond acceptors (Lipinski definition) is 7. The van der Waals surface area contributed by atoms with Crippen LogP contribution >= 0.6 is 11.6 Å². The molecule has 2 saturated heterocycles. The minimum absolute atomic E-state index is 0.0300. The second-order valence-corrected chi connectivity index (χ2v) is 8.71. The Morgan fingerprint density at radius 2 is 1.83 bits per heavy atom. The van der Waals surface area contributed by atoms with E-state index in [2.05, 4.69) is 4.90 Å². The maximum atomic E-state index is 13.2. The molecule has 2 aromatic rings. The predicted molar refractivity (Wildman–Crippen MR) is 132 cm³/mol. The third kappa shape index (κ3) is 5.29. The highest BCUT2D eigenvalue weighted by Gasteiger charge is 2.46. The Balaban J connectivity index is 1.73. The standard InChI is InChI=1S/C26H29ClN2O6/c1-3-35-19-7-4-17(5-8-19)23-22(24(30)18-6-9-21(33-2)20(27)16-18)25(31)26(32)29(23)11-10-28-12-14-34-15-13-28/h4-9,16,23,30H,3,10-15H2,1-2H3/b24-22+. The lowest BCUT2D eigenvalue weighted by atomic mass is 9.95. The van der Waals surface area contributed by atoms with E-state index in [9.17, 15) is 14.7 Å². The smallest absolute Gasteiger partial charge is 0.295 e. The maximum absolute atomic E-state index is 13.2. The van der Waals surface area contributed by atoms with E-state index < -0.39 is 17.7 Å². The normalized spacial score (nSPS) is 20.3. The van der Waals surface area contributed by atoms with Crippen molar-refractivity contribution in [1.29, 1.82) is 0 Å². The first kappa shape index (κ1) is 25.0. The number of hydrogen-bond donors (Lipinski definition) is 1. The number of benzene rings is 2. The van der Waals surface area contributed by atoms with Crippen molar-refractivity contribution >= 4 is 29.1 Å². The summed E-state index contributed by atoms with van der Waals surface area (Å²) in [5, 5.41) is 11.5. The Bertz CT molecular complexity index is 1110. The average molecular weight is 501 g/mol. The van der Waals surface area contributed by atoms with Crippen LogP contribution in [0.4, 0.5) is 0 Å². The summed E-state index contributed by atoms with van der Waals surface area (Å²) in [4.78, 5) is 30.1. The van der Waals surface area contributed by atoms with Gasteiger partial charge in [0.2, 0.25) is 0 Å². The minimum atomic E-state index is -0.743. The van der Waals surface area contributed by atoms with Gasteiger partial charge in [0.15, 0.2) is 0 Å². The van der Waals surface area contributed by atoms with Gasteiger partial charge in [0.1, 0.15) is 17.3 Å². The molecule has 2 aromatic carbocycles. The molecule has 2 fully saturated rings. The first-order valence-corrected chi connectivity index (χ1v) is 12.0. The zero-order valence-electron chi connectivity index (χ0n) is 19.8. The Morgan fingerprint density at radius 1 is 1.11 bits per heavy atom. The summed E-state index contributed by atoms with van der Waals surface area (Å²) in [6.07, 6.45) is 0. The van der Waals surface area contributed by atoms with E-state index in [1.807, 2.05) is 19.1 Å². The molecule has 1 unspecified atom stereocenters. The van der Waals surface area contributed by atoms with Crippen molar-refractivity contribution in [3.63, 3.8) is 0 Å². The first-order valence-electron chi connectivity index (χ1n) is 11.6. The van der Waals surface area contributed by atoms with Gasteiger partial charge in [-0.2, -0.15) is 0 Å². The minimum Gasteiger partial charge on any atom is -0.507 e. The van der Waals surface area contributed by atoms with Crippen LogP contribution in [0.3, 0.4) is 0 Å². The van der Waals surface area contributed by atoms with Crippen molar-refractivity contribution in [2.75, 3.05) is 53.1 Å². The van der Waals surface area contributed by atoms with E-state index >= 15 is 0 Å². The van der Waals surface area contributed by atoms with E-state index in [0.29, 0.717) is 55.5 Å². The zero-order valence-corrected chi connectivity index (χ0v) is 20.6. The Morgan fingerprint density at radius 3 is 2.46 bits per heavy atom. The van der Waals surface area contributed by atoms with E-state index in [1.165, 1.54) is 18.1 Å². The summed E-state index contributed by atoms with van der Waals surface area (Å²) in [5.74, 6) is -0.519. The van der Waals surface area contributed by atoms with Crippen molar-refractivity contribution in [2.45, 2.75) is 13.0 Å². The molecule has 35 heavy (non-hydrogen) atoms. The number of rotatable bonds is 8. The van der Waals surface area contributed by atoms with Crippen molar-refractivity contribution in [3.8, 4) is 11.5 Å². The van der Waals surface area contributed by atoms with Gasteiger partial charge >= 0.3 is 0 Å². The summed E-state index contributed by atoms with van der Waals surface area (Å²) in [5.41, 5.74) is 1.07. The molecule has 186 valence electrons. The summed E-state index contributed by atoms with van der Waals surface area (Å²) in [7, 11) is 1.49. The van der Waals surface area contributed by atoms with Gasteiger partial charge in [0.05, 0.1) is 43.6 Å². The maximum Gasteiger partial charge on any atom is 0.295 e. The van der Waals surface area contributed by atoms with E-state index in [1.54, 1.807) is 24.3 Å². The van der Waals surface area contributed by atoms with E-state index in [-0.39, 0.29) is 16.4 Å². The number of aliphatic hydroxyl groups excluding tert-OH is 1. The number of ketones is 1. The summed E-state index contributed by atoms with van der Waals surface area (Å²) < 4.78 is 16.1. The largest absolute Gasteiger partial charge is 0.507 e. The molecule has 1 amide bonds. The van der Waals surface area contributed by atoms with Crippen molar-refractivity contribution < 1.29 is 28.9 Å². The number of nitrogens with zero attached hydrogens (tertiary/aromatic N) is 2. The van der Waals surface area contributed by atoms with Crippen LogP contribution in [0.1, 0.15) is 24.1 Å². The van der Waals surface area contributed by atoms with Crippen LogP contribution in [0.5, 0.6) is 11.5 Å². The monoisotopic (exact) mass is 500 g/mol. The molecule has 0 spiro atoms. The number of methoxy groups -OCH3 is 1. The number of carbonyl (C=O) groups is 2. The van der Waals surface area contributed by atoms with E-state index in [4.69, 9.17) is 25.8 Å². The molecule has 2 aliphatic rings. The highest BCUT2D eigenvalue weighted by Crippen LogP contribution is 2.40.